The van der Waals surface area contributed by atoms with E-state index < -0.39 is 0 Å². The van der Waals surface area contributed by atoms with E-state index >= 15 is 0 Å². The average molecular weight is 373 g/mol. The third kappa shape index (κ3) is 3.01. The van der Waals surface area contributed by atoms with Crippen molar-refractivity contribution in [2.45, 2.75) is 17.8 Å². The van der Waals surface area contributed by atoms with Crippen molar-refractivity contribution in [1.82, 2.24) is 15.0 Å². The van der Waals surface area contributed by atoms with Crippen molar-refractivity contribution in [1.29, 1.82) is 0 Å². The van der Waals surface area contributed by atoms with Crippen molar-refractivity contribution in [2.75, 3.05) is 27.4 Å². The lowest BCUT2D eigenvalue weighted by Crippen LogP contribution is -2.15. The molecule has 1 aliphatic rings. The number of H-pyrrole nitrogens is 1. The molecule has 0 spiro atoms. The van der Waals surface area contributed by atoms with Gasteiger partial charge in [-0.15, -0.1) is 0 Å². The molecule has 0 amide bonds. The summed E-state index contributed by atoms with van der Waals surface area (Å²) in [6.45, 7) is 3.11. The summed E-state index contributed by atoms with van der Waals surface area (Å²) in [5.41, 5.74) is 3.68. The molecule has 0 fully saturated rings. The average Bonchev–Trinajstić information content (AvgIpc) is 3.06. The van der Waals surface area contributed by atoms with Gasteiger partial charge >= 0.3 is 0 Å². The zero-order chi connectivity index (χ0) is 18.1. The summed E-state index contributed by atoms with van der Waals surface area (Å²) in [4.78, 5) is 12.4. The van der Waals surface area contributed by atoms with Crippen molar-refractivity contribution in [3.05, 3.63) is 29.6 Å². The highest BCUT2D eigenvalue weighted by Gasteiger charge is 2.16. The third-order valence-corrected chi connectivity index (χ3v) is 5.11. The Hall–Kier alpha value is -2.61. The van der Waals surface area contributed by atoms with Crippen LogP contribution in [0.4, 0.5) is 0 Å². The van der Waals surface area contributed by atoms with Gasteiger partial charge in [0.05, 0.1) is 37.1 Å². The predicted molar refractivity (Wildman–Crippen MR) is 98.7 cm³/mol. The fourth-order valence-electron chi connectivity index (χ4n) is 2.88. The second kappa shape index (κ2) is 6.95. The maximum absolute atomic E-state index is 5.62. The Labute approximate surface area is 155 Å². The number of aromatic nitrogens is 3. The molecule has 1 aromatic carbocycles. The molecule has 8 heteroatoms. The Morgan fingerprint density at radius 1 is 1.15 bits per heavy atom. The minimum atomic E-state index is 0.564. The number of nitrogens with zero attached hydrogens (tertiary/aromatic N) is 2. The van der Waals surface area contributed by atoms with E-state index in [2.05, 4.69) is 15.0 Å². The highest BCUT2D eigenvalue weighted by atomic mass is 32.2. The summed E-state index contributed by atoms with van der Waals surface area (Å²) in [6, 6.07) is 3.84. The number of hydrogen-bond acceptors (Lipinski definition) is 7. The molecular weight excluding hydrogens is 354 g/mol. The summed E-state index contributed by atoms with van der Waals surface area (Å²) in [5, 5.41) is 0.818. The van der Waals surface area contributed by atoms with Crippen LogP contribution in [0, 0.1) is 6.92 Å². The largest absolute Gasteiger partial charge is 0.492 e. The molecule has 0 saturated heterocycles. The first kappa shape index (κ1) is 16.8. The van der Waals surface area contributed by atoms with E-state index in [-0.39, 0.29) is 0 Å². The van der Waals surface area contributed by atoms with Gasteiger partial charge in [-0.1, -0.05) is 11.8 Å². The van der Waals surface area contributed by atoms with E-state index in [4.69, 9.17) is 18.9 Å². The van der Waals surface area contributed by atoms with Crippen molar-refractivity contribution in [2.24, 2.45) is 0 Å². The Morgan fingerprint density at radius 2 is 1.92 bits per heavy atom. The van der Waals surface area contributed by atoms with Gasteiger partial charge in [0, 0.05) is 23.4 Å². The van der Waals surface area contributed by atoms with Crippen LogP contribution in [-0.4, -0.2) is 42.4 Å². The van der Waals surface area contributed by atoms with Crippen LogP contribution in [0.2, 0.25) is 0 Å². The summed E-state index contributed by atoms with van der Waals surface area (Å²) in [6.07, 6.45) is 1.68. The Kier molecular flexibility index (Phi) is 4.50. The SMILES string of the molecule is COc1cnc(CSc2nc3cc4c(cc3[nH]2)OCCO4)c(C)c1OC. The lowest BCUT2D eigenvalue weighted by molar-refractivity contribution is 0.172. The molecule has 0 unspecified atom stereocenters. The first-order valence-corrected chi connectivity index (χ1v) is 9.16. The lowest BCUT2D eigenvalue weighted by atomic mass is 10.2. The van der Waals surface area contributed by atoms with Crippen LogP contribution in [0.3, 0.4) is 0 Å². The van der Waals surface area contributed by atoms with Gasteiger partial charge in [0.25, 0.3) is 0 Å². The van der Waals surface area contributed by atoms with Crippen molar-refractivity contribution < 1.29 is 18.9 Å². The van der Waals surface area contributed by atoms with E-state index in [1.807, 2.05) is 19.1 Å². The quantitative estimate of drug-likeness (QED) is 0.687. The Balaban J connectivity index is 1.56. The zero-order valence-electron chi connectivity index (χ0n) is 14.8. The topological polar surface area (TPSA) is 78.5 Å². The summed E-state index contributed by atoms with van der Waals surface area (Å²) >= 11 is 1.58. The first-order chi connectivity index (χ1) is 12.7. The van der Waals surface area contributed by atoms with E-state index in [0.717, 1.165) is 38.9 Å². The van der Waals surface area contributed by atoms with Gasteiger partial charge in [0.15, 0.2) is 28.2 Å². The van der Waals surface area contributed by atoms with Gasteiger partial charge in [-0.05, 0) is 6.92 Å². The van der Waals surface area contributed by atoms with Crippen LogP contribution < -0.4 is 18.9 Å². The number of pyridine rings is 1. The maximum Gasteiger partial charge on any atom is 0.179 e. The number of fused-ring (bicyclic) bond motifs is 2. The van der Waals surface area contributed by atoms with Gasteiger partial charge in [-0.2, -0.15) is 0 Å². The van der Waals surface area contributed by atoms with Crippen LogP contribution in [0.5, 0.6) is 23.0 Å². The summed E-state index contributed by atoms with van der Waals surface area (Å²) in [5.74, 6) is 3.50. The van der Waals surface area contributed by atoms with E-state index in [1.54, 1.807) is 32.2 Å². The minimum absolute atomic E-state index is 0.564. The number of ether oxygens (including phenoxy) is 4. The van der Waals surface area contributed by atoms with Gasteiger partial charge in [-0.3, -0.25) is 4.98 Å². The summed E-state index contributed by atoms with van der Waals surface area (Å²) < 4.78 is 22.0. The van der Waals surface area contributed by atoms with Crippen LogP contribution in [0.15, 0.2) is 23.5 Å². The van der Waals surface area contributed by atoms with Crippen molar-refractivity contribution >= 4 is 22.8 Å². The van der Waals surface area contributed by atoms with Crippen LogP contribution in [-0.2, 0) is 5.75 Å². The van der Waals surface area contributed by atoms with E-state index in [0.29, 0.717) is 30.5 Å². The minimum Gasteiger partial charge on any atom is -0.492 e. The van der Waals surface area contributed by atoms with E-state index in [1.165, 1.54) is 0 Å². The number of nitrogens with one attached hydrogen (secondary N) is 1. The molecule has 4 rings (SSSR count). The fraction of sp³-hybridized carbons (Fsp3) is 0.333. The third-order valence-electron chi connectivity index (χ3n) is 4.23. The predicted octanol–water partition coefficient (Wildman–Crippen LogP) is 3.35. The zero-order valence-corrected chi connectivity index (χ0v) is 15.6. The molecule has 3 aromatic rings. The van der Waals surface area contributed by atoms with Crippen molar-refractivity contribution in [3.8, 4) is 23.0 Å². The molecule has 7 nitrogen and oxygen atoms in total. The lowest BCUT2D eigenvalue weighted by Gasteiger charge is -2.17. The second-order valence-electron chi connectivity index (χ2n) is 5.78. The molecule has 0 radical (unpaired) electrons. The van der Waals surface area contributed by atoms with Gasteiger partial charge in [0.2, 0.25) is 0 Å². The van der Waals surface area contributed by atoms with Crippen LogP contribution in [0.1, 0.15) is 11.3 Å². The molecule has 1 aliphatic heterocycles. The maximum atomic E-state index is 5.62. The van der Waals surface area contributed by atoms with Gasteiger partial charge < -0.3 is 23.9 Å². The van der Waals surface area contributed by atoms with Crippen LogP contribution in [0.25, 0.3) is 11.0 Å². The summed E-state index contributed by atoms with van der Waals surface area (Å²) in [7, 11) is 3.24. The molecule has 136 valence electrons. The monoisotopic (exact) mass is 373 g/mol. The smallest absolute Gasteiger partial charge is 0.179 e. The van der Waals surface area contributed by atoms with Gasteiger partial charge in [-0.25, -0.2) is 4.98 Å². The molecule has 3 heterocycles. The number of hydrogen-bond donors (Lipinski definition) is 1. The molecule has 0 aliphatic carbocycles. The highest BCUT2D eigenvalue weighted by Crippen LogP contribution is 2.36. The van der Waals surface area contributed by atoms with E-state index in [9.17, 15) is 0 Å². The number of aromatic amines is 1. The number of thioether (sulfide) groups is 1. The molecule has 0 saturated carbocycles. The van der Waals surface area contributed by atoms with Crippen molar-refractivity contribution in [3.63, 3.8) is 0 Å². The normalized spacial score (nSPS) is 13.0. The number of benzene rings is 1. The second-order valence-corrected chi connectivity index (χ2v) is 6.74. The molecule has 2 aromatic heterocycles. The molecule has 1 N–H and O–H groups in total. The molecule has 0 atom stereocenters. The Morgan fingerprint density at radius 3 is 2.65 bits per heavy atom. The molecule has 26 heavy (non-hydrogen) atoms. The standard InChI is InChI=1S/C18H19N3O4S/c1-10-13(19-8-16(22-2)17(10)23-3)9-26-18-20-11-6-14-15(7-12(11)21-18)25-5-4-24-14/h6-8H,4-5,9H2,1-3H3,(H,20,21). The number of rotatable bonds is 5. The molecule has 0 bridgehead atoms. The van der Waals surface area contributed by atoms with Crippen LogP contribution >= 0.6 is 11.8 Å². The highest BCUT2D eigenvalue weighted by molar-refractivity contribution is 7.98. The van der Waals surface area contributed by atoms with Gasteiger partial charge in [0.1, 0.15) is 13.2 Å². The molecular formula is C18H19N3O4S. The fourth-order valence-corrected chi connectivity index (χ4v) is 3.79. The first-order valence-electron chi connectivity index (χ1n) is 8.18. The number of methoxy groups -OCH3 is 2. The Bertz CT molecular complexity index is 914. The number of imidazole rings is 1.